The fourth-order valence-electron chi connectivity index (χ4n) is 3.22. The van der Waals surface area contributed by atoms with Crippen molar-refractivity contribution in [3.05, 3.63) is 28.2 Å². The Kier molecular flexibility index (Phi) is 3.80. The van der Waals surface area contributed by atoms with Gasteiger partial charge < -0.3 is 4.57 Å². The van der Waals surface area contributed by atoms with Crippen molar-refractivity contribution < 1.29 is 4.39 Å². The Hall–Kier alpha value is -0.610. The second-order valence-electron chi connectivity index (χ2n) is 6.02. The smallest absolute Gasteiger partial charge is 0.139 e. The molecule has 0 radical (unpaired) electrons. The Balaban J connectivity index is 2.10. The van der Waals surface area contributed by atoms with E-state index in [4.69, 9.17) is 11.6 Å². The maximum atomic E-state index is 13.8. The first-order valence-corrected chi connectivity index (χ1v) is 8.25. The summed E-state index contributed by atoms with van der Waals surface area (Å²) in [5.41, 5.74) is 1.92. The van der Waals surface area contributed by atoms with Gasteiger partial charge in [0.1, 0.15) is 11.6 Å². The second-order valence-corrected chi connectivity index (χ2v) is 7.14. The molecule has 0 bridgehead atoms. The largest absolute Gasteiger partial charge is 0.326 e. The molecule has 1 fully saturated rings. The fourth-order valence-corrected chi connectivity index (χ4v) is 3.75. The van der Waals surface area contributed by atoms with E-state index in [9.17, 15) is 4.39 Å². The molecule has 1 saturated carbocycles. The summed E-state index contributed by atoms with van der Waals surface area (Å²) in [5, 5.41) is 0. The van der Waals surface area contributed by atoms with Crippen LogP contribution in [0.1, 0.15) is 38.4 Å². The summed E-state index contributed by atoms with van der Waals surface area (Å²) in [4.78, 5) is 4.54. The Morgan fingerprint density at radius 3 is 2.75 bits per heavy atom. The lowest BCUT2D eigenvalue weighted by Crippen LogP contribution is -2.20. The van der Waals surface area contributed by atoms with Crippen LogP contribution in [0.4, 0.5) is 4.39 Å². The predicted molar refractivity (Wildman–Crippen MR) is 83.5 cm³/mol. The summed E-state index contributed by atoms with van der Waals surface area (Å²) < 4.78 is 16.4. The zero-order chi connectivity index (χ0) is 14.3. The summed E-state index contributed by atoms with van der Waals surface area (Å²) in [6.45, 7) is 3.17. The number of benzene rings is 1. The van der Waals surface area contributed by atoms with Gasteiger partial charge in [-0.1, -0.05) is 19.8 Å². The molecule has 1 heterocycles. The van der Waals surface area contributed by atoms with Gasteiger partial charge in [-0.2, -0.15) is 0 Å². The van der Waals surface area contributed by atoms with E-state index in [2.05, 4.69) is 32.4 Å². The molecule has 1 aliphatic rings. The number of fused-ring (bicyclic) bond motifs is 1. The second kappa shape index (κ2) is 5.30. The molecule has 1 aromatic heterocycles. The zero-order valence-electron chi connectivity index (χ0n) is 11.4. The lowest BCUT2D eigenvalue weighted by atomic mass is 9.89. The monoisotopic (exact) mass is 358 g/mol. The number of nitrogens with zero attached hydrogens (tertiary/aromatic N) is 2. The first kappa shape index (κ1) is 14.3. The highest BCUT2D eigenvalue weighted by Gasteiger charge is 2.30. The molecule has 0 spiro atoms. The molecule has 20 heavy (non-hydrogen) atoms. The van der Waals surface area contributed by atoms with Crippen molar-refractivity contribution in [2.45, 2.75) is 45.0 Å². The van der Waals surface area contributed by atoms with E-state index in [1.165, 1.54) is 25.7 Å². The number of alkyl halides is 1. The van der Waals surface area contributed by atoms with Crippen LogP contribution in [0.3, 0.4) is 0 Å². The summed E-state index contributed by atoms with van der Waals surface area (Å²) >= 11 is 9.24. The fraction of sp³-hybridized carbons (Fsp3) is 0.533. The third-order valence-corrected chi connectivity index (χ3v) is 5.19. The van der Waals surface area contributed by atoms with Crippen LogP contribution in [-0.4, -0.2) is 9.55 Å². The van der Waals surface area contributed by atoms with Crippen LogP contribution in [0.15, 0.2) is 16.6 Å². The van der Waals surface area contributed by atoms with Crippen molar-refractivity contribution >= 4 is 38.6 Å². The molecule has 1 aromatic carbocycles. The van der Waals surface area contributed by atoms with Crippen LogP contribution in [0.5, 0.6) is 0 Å². The van der Waals surface area contributed by atoms with Gasteiger partial charge in [-0.15, -0.1) is 11.6 Å². The number of aromatic nitrogens is 2. The number of halogens is 3. The highest BCUT2D eigenvalue weighted by molar-refractivity contribution is 9.10. The summed E-state index contributed by atoms with van der Waals surface area (Å²) in [6.07, 6.45) is 4.99. The SMILES string of the molecule is CC1(Cn2c(CCl)nc3cc(Br)c(F)cc32)CCCC1. The minimum atomic E-state index is -0.253. The van der Waals surface area contributed by atoms with Crippen LogP contribution in [0.2, 0.25) is 0 Å². The first-order chi connectivity index (χ1) is 9.52. The zero-order valence-corrected chi connectivity index (χ0v) is 13.8. The van der Waals surface area contributed by atoms with Gasteiger partial charge in [0.25, 0.3) is 0 Å². The molecular formula is C15H17BrClFN2. The summed E-state index contributed by atoms with van der Waals surface area (Å²) in [5.74, 6) is 0.924. The van der Waals surface area contributed by atoms with Gasteiger partial charge in [0.2, 0.25) is 0 Å². The molecule has 0 atom stereocenters. The van der Waals surface area contributed by atoms with Crippen LogP contribution in [-0.2, 0) is 12.4 Å². The van der Waals surface area contributed by atoms with Gasteiger partial charge in [0.15, 0.2) is 0 Å². The lowest BCUT2D eigenvalue weighted by molar-refractivity contribution is 0.282. The van der Waals surface area contributed by atoms with Gasteiger partial charge in [-0.3, -0.25) is 0 Å². The van der Waals surface area contributed by atoms with E-state index >= 15 is 0 Å². The molecule has 0 amide bonds. The highest BCUT2D eigenvalue weighted by Crippen LogP contribution is 2.40. The summed E-state index contributed by atoms with van der Waals surface area (Å²) in [7, 11) is 0. The highest BCUT2D eigenvalue weighted by atomic mass is 79.9. The molecular weight excluding hydrogens is 343 g/mol. The molecule has 5 heteroatoms. The van der Waals surface area contributed by atoms with Crippen LogP contribution >= 0.6 is 27.5 Å². The minimum Gasteiger partial charge on any atom is -0.326 e. The van der Waals surface area contributed by atoms with Crippen LogP contribution in [0, 0.1) is 11.2 Å². The molecule has 2 nitrogen and oxygen atoms in total. The number of rotatable bonds is 3. The lowest BCUT2D eigenvalue weighted by Gasteiger charge is -2.25. The van der Waals surface area contributed by atoms with Gasteiger partial charge in [0, 0.05) is 12.6 Å². The van der Waals surface area contributed by atoms with Crippen molar-refractivity contribution in [3.63, 3.8) is 0 Å². The molecule has 0 saturated heterocycles. The Bertz CT molecular complexity index is 647. The van der Waals surface area contributed by atoms with Gasteiger partial charge in [0.05, 0.1) is 21.4 Å². The Labute approximate surface area is 131 Å². The van der Waals surface area contributed by atoms with Gasteiger partial charge in [-0.05, 0) is 40.3 Å². The average Bonchev–Trinajstić information content (AvgIpc) is 2.96. The Morgan fingerprint density at radius 2 is 2.10 bits per heavy atom. The van der Waals surface area contributed by atoms with Crippen molar-refractivity contribution in [1.29, 1.82) is 0 Å². The standard InChI is InChI=1S/C15H17BrClFN2/c1-15(4-2-3-5-15)9-20-13-7-11(18)10(16)6-12(13)19-14(20)8-17/h6-7H,2-5,8-9H2,1H3. The van der Waals surface area contributed by atoms with Gasteiger partial charge >= 0.3 is 0 Å². The van der Waals surface area contributed by atoms with Gasteiger partial charge in [-0.25, -0.2) is 9.37 Å². The maximum absolute atomic E-state index is 13.8. The number of hydrogen-bond acceptors (Lipinski definition) is 1. The summed E-state index contributed by atoms with van der Waals surface area (Å²) in [6, 6.07) is 3.29. The predicted octanol–water partition coefficient (Wildman–Crippen LogP) is 5.26. The normalized spacial score (nSPS) is 18.0. The first-order valence-electron chi connectivity index (χ1n) is 6.92. The molecule has 3 rings (SSSR count). The van der Waals surface area contributed by atoms with E-state index in [0.717, 1.165) is 23.4 Å². The molecule has 0 N–H and O–H groups in total. The number of hydrogen-bond donors (Lipinski definition) is 0. The van der Waals surface area contributed by atoms with E-state index < -0.39 is 0 Å². The average molecular weight is 360 g/mol. The quantitative estimate of drug-likeness (QED) is 0.684. The molecule has 108 valence electrons. The maximum Gasteiger partial charge on any atom is 0.139 e. The van der Waals surface area contributed by atoms with E-state index in [1.807, 2.05) is 0 Å². The van der Waals surface area contributed by atoms with Crippen molar-refractivity contribution in [2.24, 2.45) is 5.41 Å². The van der Waals surface area contributed by atoms with E-state index in [-0.39, 0.29) is 11.2 Å². The molecule has 1 aliphatic carbocycles. The van der Waals surface area contributed by atoms with Crippen LogP contribution < -0.4 is 0 Å². The number of imidazole rings is 1. The van der Waals surface area contributed by atoms with E-state index in [1.54, 1.807) is 12.1 Å². The van der Waals surface area contributed by atoms with Crippen LogP contribution in [0.25, 0.3) is 11.0 Å². The molecule has 0 aliphatic heterocycles. The third-order valence-electron chi connectivity index (χ3n) is 4.34. The third kappa shape index (κ3) is 2.48. The Morgan fingerprint density at radius 1 is 1.40 bits per heavy atom. The van der Waals surface area contributed by atoms with E-state index in [0.29, 0.717) is 10.4 Å². The molecule has 2 aromatic rings. The molecule has 0 unspecified atom stereocenters. The van der Waals surface area contributed by atoms with Crippen molar-refractivity contribution in [2.75, 3.05) is 0 Å². The van der Waals surface area contributed by atoms with Crippen molar-refractivity contribution in [3.8, 4) is 0 Å². The minimum absolute atomic E-state index is 0.253. The van der Waals surface area contributed by atoms with Crippen molar-refractivity contribution in [1.82, 2.24) is 9.55 Å². The topological polar surface area (TPSA) is 17.8 Å².